The first-order valence-electron chi connectivity index (χ1n) is 12.7. The Labute approximate surface area is 212 Å². The fraction of sp³-hybridized carbons (Fsp3) is 0.536. The number of guanidine groups is 1. The van der Waals surface area contributed by atoms with Crippen molar-refractivity contribution in [2.24, 2.45) is 22.1 Å². The molecule has 1 fully saturated rings. The Balaban J connectivity index is 1.59. The van der Waals surface area contributed by atoms with E-state index >= 15 is 0 Å². The van der Waals surface area contributed by atoms with E-state index in [1.807, 2.05) is 12.1 Å². The summed E-state index contributed by atoms with van der Waals surface area (Å²) in [6, 6.07) is 17.9. The number of piperidine rings is 1. The largest absolute Gasteiger partial charge is 0.494 e. The summed E-state index contributed by atoms with van der Waals surface area (Å²) in [6.45, 7) is 7.24. The van der Waals surface area contributed by atoms with Crippen LogP contribution < -0.4 is 15.8 Å². The Bertz CT molecular complexity index is 938. The molecule has 1 aliphatic rings. The van der Waals surface area contributed by atoms with E-state index in [1.165, 1.54) is 5.56 Å². The number of alkyl halides is 3. The number of aliphatic imine (C=N–C) groups is 1. The van der Waals surface area contributed by atoms with Gasteiger partial charge < -0.3 is 20.7 Å². The summed E-state index contributed by atoms with van der Waals surface area (Å²) in [5, 5.41) is 3.46. The zero-order chi connectivity index (χ0) is 26.0. The van der Waals surface area contributed by atoms with Crippen molar-refractivity contribution in [2.45, 2.75) is 52.1 Å². The topological polar surface area (TPSA) is 62.9 Å². The van der Waals surface area contributed by atoms with E-state index < -0.39 is 12.6 Å². The van der Waals surface area contributed by atoms with Crippen molar-refractivity contribution in [3.63, 3.8) is 0 Å². The van der Waals surface area contributed by atoms with E-state index in [0.717, 1.165) is 44.0 Å². The van der Waals surface area contributed by atoms with Crippen LogP contribution in [-0.4, -0.2) is 49.8 Å². The fourth-order valence-electron chi connectivity index (χ4n) is 4.09. The van der Waals surface area contributed by atoms with E-state index in [1.54, 1.807) is 12.1 Å². The highest BCUT2D eigenvalue weighted by molar-refractivity contribution is 5.93. The van der Waals surface area contributed by atoms with Gasteiger partial charge in [-0.2, -0.15) is 13.2 Å². The second kappa shape index (κ2) is 13.0. The van der Waals surface area contributed by atoms with Crippen LogP contribution in [0.25, 0.3) is 0 Å². The van der Waals surface area contributed by atoms with Crippen LogP contribution in [0.5, 0.6) is 5.75 Å². The highest BCUT2D eigenvalue weighted by Crippen LogP contribution is 2.24. The summed E-state index contributed by atoms with van der Waals surface area (Å²) in [4.78, 5) is 7.22. The van der Waals surface area contributed by atoms with Gasteiger partial charge in [0.2, 0.25) is 0 Å². The third kappa shape index (κ3) is 9.72. The molecule has 0 radical (unpaired) electrons. The lowest BCUT2D eigenvalue weighted by Gasteiger charge is -2.35. The normalized spacial score (nSPS) is 15.7. The van der Waals surface area contributed by atoms with Gasteiger partial charge in [0.1, 0.15) is 5.75 Å². The molecule has 0 unspecified atom stereocenters. The van der Waals surface area contributed by atoms with Gasteiger partial charge in [0.25, 0.3) is 0 Å². The molecule has 0 aliphatic carbocycles. The predicted octanol–water partition coefficient (Wildman–Crippen LogP) is 6.12. The molecule has 198 valence electrons. The first kappa shape index (κ1) is 27.8. The first-order chi connectivity index (χ1) is 17.1. The Morgan fingerprint density at radius 1 is 1.06 bits per heavy atom. The van der Waals surface area contributed by atoms with Crippen LogP contribution in [0.15, 0.2) is 59.6 Å². The summed E-state index contributed by atoms with van der Waals surface area (Å²) in [5.41, 5.74) is 8.06. The van der Waals surface area contributed by atoms with Gasteiger partial charge in [-0.15, -0.1) is 0 Å². The van der Waals surface area contributed by atoms with Crippen LogP contribution in [0, 0.1) is 11.3 Å². The van der Waals surface area contributed by atoms with Crippen molar-refractivity contribution in [1.29, 1.82) is 0 Å². The highest BCUT2D eigenvalue weighted by Gasteiger charge is 2.26. The molecular formula is C28H39F3N4O. The predicted molar refractivity (Wildman–Crippen MR) is 140 cm³/mol. The summed E-state index contributed by atoms with van der Waals surface area (Å²) >= 11 is 0. The monoisotopic (exact) mass is 504 g/mol. The van der Waals surface area contributed by atoms with E-state index in [2.05, 4.69) is 54.4 Å². The number of anilines is 1. The fourth-order valence-corrected chi connectivity index (χ4v) is 4.09. The van der Waals surface area contributed by atoms with Crippen LogP contribution >= 0.6 is 0 Å². The minimum Gasteiger partial charge on any atom is -0.494 e. The smallest absolute Gasteiger partial charge is 0.389 e. The van der Waals surface area contributed by atoms with E-state index in [-0.39, 0.29) is 18.4 Å². The van der Waals surface area contributed by atoms with Gasteiger partial charge in [-0.3, -0.25) is 4.99 Å². The zero-order valence-electron chi connectivity index (χ0n) is 21.4. The maximum atomic E-state index is 12.3. The third-order valence-corrected chi connectivity index (χ3v) is 6.47. The van der Waals surface area contributed by atoms with Crippen molar-refractivity contribution >= 4 is 11.6 Å². The summed E-state index contributed by atoms with van der Waals surface area (Å²) < 4.78 is 42.4. The van der Waals surface area contributed by atoms with Crippen molar-refractivity contribution in [1.82, 2.24) is 4.90 Å². The molecule has 1 aliphatic heterocycles. The number of hydrogen-bond acceptors (Lipinski definition) is 3. The molecule has 1 heterocycles. The number of rotatable bonds is 10. The molecule has 8 heteroatoms. The molecule has 0 aromatic heterocycles. The molecule has 1 saturated heterocycles. The Kier molecular flexibility index (Phi) is 10.0. The highest BCUT2D eigenvalue weighted by atomic mass is 19.4. The van der Waals surface area contributed by atoms with Crippen molar-refractivity contribution in [3.8, 4) is 5.75 Å². The van der Waals surface area contributed by atoms with Gasteiger partial charge in [-0.25, -0.2) is 0 Å². The quantitative estimate of drug-likeness (QED) is 0.233. The number of ether oxygens (including phenoxy) is 1. The second-order valence-corrected chi connectivity index (χ2v) is 10.3. The van der Waals surface area contributed by atoms with Crippen LogP contribution in [0.2, 0.25) is 0 Å². The van der Waals surface area contributed by atoms with Gasteiger partial charge in [0.15, 0.2) is 5.96 Å². The molecule has 36 heavy (non-hydrogen) atoms. The molecule has 0 bridgehead atoms. The maximum absolute atomic E-state index is 12.3. The maximum Gasteiger partial charge on any atom is 0.389 e. The lowest BCUT2D eigenvalue weighted by atomic mass is 9.90. The van der Waals surface area contributed by atoms with Gasteiger partial charge >= 0.3 is 6.18 Å². The van der Waals surface area contributed by atoms with Crippen molar-refractivity contribution in [3.05, 3.63) is 60.2 Å². The molecule has 2 aromatic carbocycles. The lowest BCUT2D eigenvalue weighted by molar-refractivity contribution is -0.136. The minimum absolute atomic E-state index is 0.0328. The van der Waals surface area contributed by atoms with Crippen LogP contribution in [0.4, 0.5) is 18.9 Å². The Hall–Kier alpha value is -2.74. The van der Waals surface area contributed by atoms with Gasteiger partial charge in [-0.1, -0.05) is 44.2 Å². The molecule has 5 nitrogen and oxygen atoms in total. The summed E-state index contributed by atoms with van der Waals surface area (Å²) in [5.74, 6) is 2.03. The van der Waals surface area contributed by atoms with E-state index in [4.69, 9.17) is 15.5 Å². The lowest BCUT2D eigenvalue weighted by Crippen LogP contribution is -2.43. The first-order valence-corrected chi connectivity index (χ1v) is 12.7. The SMILES string of the molecule is CC(C)(CN)CN=C(Nc1ccc(OCCCC(F)(F)F)cc1)N1CCC(Cc2ccccc2)CC1. The molecule has 3 N–H and O–H groups in total. The molecule has 0 atom stereocenters. The number of likely N-dealkylation sites (tertiary alicyclic amines) is 1. The number of hydrogen-bond donors (Lipinski definition) is 2. The second-order valence-electron chi connectivity index (χ2n) is 10.3. The number of nitrogens with one attached hydrogen (secondary N) is 1. The molecule has 2 aromatic rings. The molecule has 0 spiro atoms. The van der Waals surface area contributed by atoms with Crippen molar-refractivity contribution in [2.75, 3.05) is 38.1 Å². The summed E-state index contributed by atoms with van der Waals surface area (Å²) in [6.07, 6.45) is -1.76. The molecule has 3 rings (SSSR count). The molecule has 0 amide bonds. The average molecular weight is 505 g/mol. The van der Waals surface area contributed by atoms with Crippen molar-refractivity contribution < 1.29 is 17.9 Å². The van der Waals surface area contributed by atoms with E-state index in [0.29, 0.717) is 24.8 Å². The van der Waals surface area contributed by atoms with Crippen LogP contribution in [0.3, 0.4) is 0 Å². The van der Waals surface area contributed by atoms with Gasteiger partial charge in [0.05, 0.1) is 6.61 Å². The van der Waals surface area contributed by atoms with Gasteiger partial charge in [0, 0.05) is 31.7 Å². The Morgan fingerprint density at radius 3 is 2.33 bits per heavy atom. The molecule has 0 saturated carbocycles. The standard InChI is InChI=1S/C28H39F3N4O/c1-27(2,20-32)21-33-26(35-16-13-23(14-17-35)19-22-7-4-3-5-8-22)34-24-9-11-25(12-10-24)36-18-6-15-28(29,30)31/h3-5,7-12,23H,6,13-21,32H2,1-2H3,(H,33,34). The number of nitrogens with two attached hydrogens (primary N) is 1. The number of halogens is 3. The third-order valence-electron chi connectivity index (χ3n) is 6.47. The number of benzene rings is 2. The number of nitrogens with zero attached hydrogens (tertiary/aromatic N) is 2. The van der Waals surface area contributed by atoms with E-state index in [9.17, 15) is 13.2 Å². The van der Waals surface area contributed by atoms with Gasteiger partial charge in [-0.05, 0) is 73.4 Å². The minimum atomic E-state index is -4.15. The summed E-state index contributed by atoms with van der Waals surface area (Å²) in [7, 11) is 0. The van der Waals surface area contributed by atoms with Crippen LogP contribution in [-0.2, 0) is 6.42 Å². The Morgan fingerprint density at radius 2 is 1.72 bits per heavy atom. The van der Waals surface area contributed by atoms with Crippen LogP contribution in [0.1, 0.15) is 45.1 Å². The zero-order valence-corrected chi connectivity index (χ0v) is 21.4. The average Bonchev–Trinajstić information content (AvgIpc) is 2.86. The molecular weight excluding hydrogens is 465 g/mol.